The average Bonchev–Trinajstić information content (AvgIpc) is 2.63. The lowest BCUT2D eigenvalue weighted by Gasteiger charge is -2.08. The smallest absolute Gasteiger partial charge is 0.266 e. The zero-order valence-electron chi connectivity index (χ0n) is 10.5. The monoisotopic (exact) mass is 265 g/mol. The lowest BCUT2D eigenvalue weighted by atomic mass is 10.2. The Morgan fingerprint density at radius 2 is 2.17 bits per heavy atom. The standard InChI is InChI=1S/C11H15N5OS/c1-7(2)6-16-9(17)5-4-8(14-16)10-12-13-11(18)15(10)3/h4-5,7H,6H2,1-3H3,(H,13,18). The molecule has 0 bridgehead atoms. The highest BCUT2D eigenvalue weighted by Gasteiger charge is 2.09. The Labute approximate surface area is 109 Å². The molecule has 0 atom stereocenters. The van der Waals surface area contributed by atoms with Crippen LogP contribution in [0.2, 0.25) is 0 Å². The van der Waals surface area contributed by atoms with Crippen LogP contribution in [-0.4, -0.2) is 24.5 Å². The van der Waals surface area contributed by atoms with Gasteiger partial charge in [-0.25, -0.2) is 4.68 Å². The Bertz CT molecular complexity index is 667. The molecule has 2 heterocycles. The van der Waals surface area contributed by atoms with Gasteiger partial charge in [0.1, 0.15) is 5.69 Å². The predicted molar refractivity (Wildman–Crippen MR) is 70.7 cm³/mol. The summed E-state index contributed by atoms with van der Waals surface area (Å²) in [7, 11) is 1.81. The quantitative estimate of drug-likeness (QED) is 0.851. The molecular formula is C11H15N5OS. The summed E-state index contributed by atoms with van der Waals surface area (Å²) in [5.74, 6) is 0.977. The van der Waals surface area contributed by atoms with Crippen molar-refractivity contribution in [2.75, 3.05) is 0 Å². The van der Waals surface area contributed by atoms with Crippen LogP contribution in [0.1, 0.15) is 13.8 Å². The Morgan fingerprint density at radius 1 is 1.44 bits per heavy atom. The predicted octanol–water partition coefficient (Wildman–Crippen LogP) is 1.36. The first-order chi connectivity index (χ1) is 8.49. The summed E-state index contributed by atoms with van der Waals surface area (Å²) in [6, 6.07) is 3.16. The van der Waals surface area contributed by atoms with Crippen molar-refractivity contribution in [2.45, 2.75) is 20.4 Å². The minimum atomic E-state index is -0.107. The molecule has 2 aromatic rings. The number of hydrogen-bond acceptors (Lipinski definition) is 4. The minimum Gasteiger partial charge on any atom is -0.302 e. The fraction of sp³-hybridized carbons (Fsp3) is 0.455. The van der Waals surface area contributed by atoms with Gasteiger partial charge in [-0.05, 0) is 24.2 Å². The van der Waals surface area contributed by atoms with E-state index in [4.69, 9.17) is 12.2 Å². The Morgan fingerprint density at radius 3 is 2.72 bits per heavy atom. The fourth-order valence-corrected chi connectivity index (χ4v) is 1.75. The molecule has 0 aromatic carbocycles. The van der Waals surface area contributed by atoms with Gasteiger partial charge in [0.15, 0.2) is 10.6 Å². The van der Waals surface area contributed by atoms with Crippen LogP contribution in [0.5, 0.6) is 0 Å². The van der Waals surface area contributed by atoms with E-state index in [9.17, 15) is 4.79 Å². The first-order valence-electron chi connectivity index (χ1n) is 5.69. The van der Waals surface area contributed by atoms with Crippen LogP contribution in [0.3, 0.4) is 0 Å². The first kappa shape index (κ1) is 12.7. The Balaban J connectivity index is 2.50. The van der Waals surface area contributed by atoms with Crippen LogP contribution in [0.15, 0.2) is 16.9 Å². The van der Waals surface area contributed by atoms with E-state index in [0.29, 0.717) is 28.8 Å². The van der Waals surface area contributed by atoms with Gasteiger partial charge < -0.3 is 4.57 Å². The number of H-pyrrole nitrogens is 1. The molecule has 7 heteroatoms. The van der Waals surface area contributed by atoms with Crippen LogP contribution in [0, 0.1) is 10.7 Å². The third kappa shape index (κ3) is 2.40. The number of nitrogens with zero attached hydrogens (tertiary/aromatic N) is 4. The molecular weight excluding hydrogens is 250 g/mol. The van der Waals surface area contributed by atoms with E-state index < -0.39 is 0 Å². The second-order valence-corrected chi connectivity index (χ2v) is 4.93. The number of hydrogen-bond donors (Lipinski definition) is 1. The maximum Gasteiger partial charge on any atom is 0.266 e. The summed E-state index contributed by atoms with van der Waals surface area (Å²) in [5.41, 5.74) is 0.523. The van der Waals surface area contributed by atoms with Crippen molar-refractivity contribution >= 4 is 12.2 Å². The Kier molecular flexibility index (Phi) is 3.42. The van der Waals surface area contributed by atoms with Crippen LogP contribution in [0.4, 0.5) is 0 Å². The topological polar surface area (TPSA) is 68.5 Å². The van der Waals surface area contributed by atoms with E-state index in [1.165, 1.54) is 10.7 Å². The van der Waals surface area contributed by atoms with Crippen molar-refractivity contribution in [3.63, 3.8) is 0 Å². The summed E-state index contributed by atoms with van der Waals surface area (Å²) >= 11 is 5.05. The van der Waals surface area contributed by atoms with Crippen LogP contribution < -0.4 is 5.56 Å². The summed E-state index contributed by atoms with van der Waals surface area (Å²) < 4.78 is 3.70. The highest BCUT2D eigenvalue weighted by molar-refractivity contribution is 7.71. The molecule has 0 saturated carbocycles. The molecule has 0 spiro atoms. The van der Waals surface area contributed by atoms with Gasteiger partial charge in [-0.2, -0.15) is 10.2 Å². The summed E-state index contributed by atoms with van der Waals surface area (Å²) in [6.07, 6.45) is 0. The van der Waals surface area contributed by atoms with Crippen LogP contribution >= 0.6 is 12.2 Å². The first-order valence-corrected chi connectivity index (χ1v) is 6.10. The molecule has 2 rings (SSSR count). The summed E-state index contributed by atoms with van der Waals surface area (Å²) in [4.78, 5) is 11.7. The van der Waals surface area contributed by atoms with Crippen molar-refractivity contribution in [3.05, 3.63) is 27.3 Å². The van der Waals surface area contributed by atoms with Gasteiger partial charge in [0, 0.05) is 19.7 Å². The summed E-state index contributed by atoms with van der Waals surface area (Å²) in [5, 5.41) is 11.1. The fourth-order valence-electron chi connectivity index (χ4n) is 1.62. The van der Waals surface area contributed by atoms with Crippen molar-refractivity contribution < 1.29 is 0 Å². The van der Waals surface area contributed by atoms with E-state index in [1.807, 2.05) is 13.8 Å². The second-order valence-electron chi connectivity index (χ2n) is 4.54. The van der Waals surface area contributed by atoms with Gasteiger partial charge in [0.05, 0.1) is 0 Å². The molecule has 0 aliphatic heterocycles. The van der Waals surface area contributed by atoms with Gasteiger partial charge in [-0.1, -0.05) is 13.8 Å². The third-order valence-electron chi connectivity index (χ3n) is 2.51. The maximum absolute atomic E-state index is 11.7. The highest BCUT2D eigenvalue weighted by Crippen LogP contribution is 2.11. The number of aromatic nitrogens is 5. The van der Waals surface area contributed by atoms with Gasteiger partial charge in [0.2, 0.25) is 0 Å². The van der Waals surface area contributed by atoms with Crippen molar-refractivity contribution in [1.29, 1.82) is 0 Å². The molecule has 0 aliphatic carbocycles. The lowest BCUT2D eigenvalue weighted by molar-refractivity contribution is 0.464. The lowest BCUT2D eigenvalue weighted by Crippen LogP contribution is -2.24. The zero-order chi connectivity index (χ0) is 13.3. The molecule has 6 nitrogen and oxygen atoms in total. The molecule has 18 heavy (non-hydrogen) atoms. The summed E-state index contributed by atoms with van der Waals surface area (Å²) in [6.45, 7) is 4.66. The maximum atomic E-state index is 11.7. The number of aromatic amines is 1. The van der Waals surface area contributed by atoms with E-state index >= 15 is 0 Å². The van der Waals surface area contributed by atoms with Crippen molar-refractivity contribution in [2.24, 2.45) is 13.0 Å². The molecule has 0 fully saturated rings. The van der Waals surface area contributed by atoms with Crippen molar-refractivity contribution in [3.8, 4) is 11.5 Å². The zero-order valence-corrected chi connectivity index (χ0v) is 11.4. The molecule has 0 saturated heterocycles. The molecule has 1 N–H and O–H groups in total. The molecule has 96 valence electrons. The number of nitrogens with one attached hydrogen (secondary N) is 1. The second kappa shape index (κ2) is 4.85. The number of rotatable bonds is 3. The minimum absolute atomic E-state index is 0.107. The Hall–Kier alpha value is -1.76. The van der Waals surface area contributed by atoms with Crippen molar-refractivity contribution in [1.82, 2.24) is 24.5 Å². The van der Waals surface area contributed by atoms with Gasteiger partial charge in [-0.3, -0.25) is 9.89 Å². The van der Waals surface area contributed by atoms with Gasteiger partial charge in [-0.15, -0.1) is 0 Å². The van der Waals surface area contributed by atoms with Crippen LogP contribution in [-0.2, 0) is 13.6 Å². The van der Waals surface area contributed by atoms with E-state index in [1.54, 1.807) is 17.7 Å². The molecule has 2 aromatic heterocycles. The van der Waals surface area contributed by atoms with E-state index in [-0.39, 0.29) is 5.56 Å². The molecule has 0 radical (unpaired) electrons. The highest BCUT2D eigenvalue weighted by atomic mass is 32.1. The largest absolute Gasteiger partial charge is 0.302 e. The molecule has 0 amide bonds. The van der Waals surface area contributed by atoms with E-state index in [2.05, 4.69) is 15.3 Å². The van der Waals surface area contributed by atoms with E-state index in [0.717, 1.165) is 0 Å². The SMILES string of the molecule is CC(C)Cn1nc(-c2n[nH]c(=S)n2C)ccc1=O. The van der Waals surface area contributed by atoms with Gasteiger partial charge in [0.25, 0.3) is 5.56 Å². The molecule has 0 unspecified atom stereocenters. The molecule has 0 aliphatic rings. The van der Waals surface area contributed by atoms with Gasteiger partial charge >= 0.3 is 0 Å². The average molecular weight is 265 g/mol. The van der Waals surface area contributed by atoms with Crippen LogP contribution in [0.25, 0.3) is 11.5 Å². The normalized spacial score (nSPS) is 11.1. The third-order valence-corrected chi connectivity index (χ3v) is 2.88.